The van der Waals surface area contributed by atoms with E-state index in [2.05, 4.69) is 15.5 Å². The zero-order chi connectivity index (χ0) is 18.6. The van der Waals surface area contributed by atoms with Gasteiger partial charge in [-0.15, -0.1) is 10.2 Å². The Bertz CT molecular complexity index is 1050. The summed E-state index contributed by atoms with van der Waals surface area (Å²) < 4.78 is 20.4. The van der Waals surface area contributed by atoms with Crippen molar-refractivity contribution in [3.63, 3.8) is 0 Å². The van der Waals surface area contributed by atoms with Crippen LogP contribution in [0, 0.1) is 12.7 Å². The van der Waals surface area contributed by atoms with Crippen molar-refractivity contribution in [3.8, 4) is 11.5 Å². The van der Waals surface area contributed by atoms with Crippen LogP contribution in [0.1, 0.15) is 23.1 Å². The number of rotatable bonds is 5. The van der Waals surface area contributed by atoms with E-state index in [4.69, 9.17) is 4.42 Å². The van der Waals surface area contributed by atoms with E-state index >= 15 is 0 Å². The first-order valence-corrected chi connectivity index (χ1v) is 8.68. The molecule has 0 spiro atoms. The Labute approximate surface area is 156 Å². The highest BCUT2D eigenvalue weighted by molar-refractivity contribution is 5.54. The molecule has 3 aromatic carbocycles. The van der Waals surface area contributed by atoms with Crippen LogP contribution >= 0.6 is 0 Å². The molecule has 0 radical (unpaired) electrons. The van der Waals surface area contributed by atoms with Crippen molar-refractivity contribution in [2.75, 3.05) is 5.32 Å². The van der Waals surface area contributed by atoms with Crippen LogP contribution in [0.5, 0.6) is 0 Å². The average molecular weight is 359 g/mol. The Morgan fingerprint density at radius 2 is 1.56 bits per heavy atom. The molecule has 0 saturated heterocycles. The van der Waals surface area contributed by atoms with Gasteiger partial charge in [0.2, 0.25) is 11.8 Å². The maximum Gasteiger partial charge on any atom is 0.247 e. The van der Waals surface area contributed by atoms with Crippen LogP contribution in [0.4, 0.5) is 10.1 Å². The molecule has 1 aromatic heterocycles. The molecule has 0 aliphatic rings. The highest BCUT2D eigenvalue weighted by Crippen LogP contribution is 2.30. The summed E-state index contributed by atoms with van der Waals surface area (Å²) in [5.41, 5.74) is 3.19. The zero-order valence-electron chi connectivity index (χ0n) is 14.8. The summed E-state index contributed by atoms with van der Waals surface area (Å²) in [5, 5.41) is 11.7. The van der Waals surface area contributed by atoms with Gasteiger partial charge in [0.15, 0.2) is 0 Å². The number of para-hydroxylation sites is 1. The minimum absolute atomic E-state index is 0.308. The molecule has 0 aliphatic carbocycles. The molecule has 0 saturated carbocycles. The van der Waals surface area contributed by atoms with Crippen LogP contribution < -0.4 is 5.32 Å². The summed E-state index contributed by atoms with van der Waals surface area (Å²) in [6.45, 7) is 1.99. The number of benzene rings is 3. The predicted octanol–water partition coefficient (Wildman–Crippen LogP) is 5.39. The Kier molecular flexibility index (Phi) is 4.66. The summed E-state index contributed by atoms with van der Waals surface area (Å²) in [6, 6.07) is 23.3. The van der Waals surface area contributed by atoms with Gasteiger partial charge in [-0.25, -0.2) is 4.39 Å². The van der Waals surface area contributed by atoms with Crippen molar-refractivity contribution in [1.82, 2.24) is 10.2 Å². The molecule has 0 aliphatic heterocycles. The first-order chi connectivity index (χ1) is 13.2. The molecule has 4 rings (SSSR count). The minimum atomic E-state index is -0.600. The Morgan fingerprint density at radius 3 is 2.33 bits per heavy atom. The van der Waals surface area contributed by atoms with E-state index in [9.17, 15) is 4.39 Å². The molecule has 27 heavy (non-hydrogen) atoms. The molecule has 1 heterocycles. The molecule has 4 aromatic rings. The summed E-state index contributed by atoms with van der Waals surface area (Å²) in [5.74, 6) is 0.378. The number of aromatic nitrogens is 2. The summed E-state index contributed by atoms with van der Waals surface area (Å²) in [7, 11) is 0. The maximum atomic E-state index is 14.5. The average Bonchev–Trinajstić information content (AvgIpc) is 3.19. The molecule has 1 unspecified atom stereocenters. The molecular weight excluding hydrogens is 341 g/mol. The summed E-state index contributed by atoms with van der Waals surface area (Å²) in [6.07, 6.45) is 0. The molecule has 5 heteroatoms. The second-order valence-corrected chi connectivity index (χ2v) is 6.23. The van der Waals surface area contributed by atoms with Gasteiger partial charge in [-0.3, -0.25) is 0 Å². The standard InChI is InChI=1S/C22H18FN3O/c1-15-9-5-8-14-19(15)24-20(17-12-6-7-13-18(17)23)22-26-25-21(27-22)16-10-3-2-4-11-16/h2-14,20,24H,1H3. The van der Waals surface area contributed by atoms with Crippen LogP contribution in [0.25, 0.3) is 11.5 Å². The lowest BCUT2D eigenvalue weighted by atomic mass is 10.0. The third-order valence-corrected chi connectivity index (χ3v) is 4.37. The van der Waals surface area contributed by atoms with Crippen molar-refractivity contribution in [1.29, 1.82) is 0 Å². The second-order valence-electron chi connectivity index (χ2n) is 6.23. The van der Waals surface area contributed by atoms with Gasteiger partial charge < -0.3 is 9.73 Å². The molecule has 1 N–H and O–H groups in total. The molecule has 134 valence electrons. The summed E-state index contributed by atoms with van der Waals surface area (Å²) in [4.78, 5) is 0. The lowest BCUT2D eigenvalue weighted by molar-refractivity contribution is 0.485. The third-order valence-electron chi connectivity index (χ3n) is 4.37. The number of nitrogens with one attached hydrogen (secondary N) is 1. The minimum Gasteiger partial charge on any atom is -0.418 e. The molecule has 0 amide bonds. The van der Waals surface area contributed by atoms with E-state index in [0.29, 0.717) is 17.3 Å². The number of anilines is 1. The van der Waals surface area contributed by atoms with Crippen molar-refractivity contribution >= 4 is 5.69 Å². The SMILES string of the molecule is Cc1ccccc1NC(c1nnc(-c2ccccc2)o1)c1ccccc1F. The highest BCUT2D eigenvalue weighted by atomic mass is 19.1. The van der Waals surface area contributed by atoms with Crippen molar-refractivity contribution in [2.24, 2.45) is 0 Å². The molecule has 0 bridgehead atoms. The van der Waals surface area contributed by atoms with E-state index in [1.54, 1.807) is 18.2 Å². The zero-order valence-corrected chi connectivity index (χ0v) is 14.8. The fourth-order valence-corrected chi connectivity index (χ4v) is 2.92. The Hall–Kier alpha value is -3.47. The molecular formula is C22H18FN3O. The van der Waals surface area contributed by atoms with E-state index in [0.717, 1.165) is 16.8 Å². The van der Waals surface area contributed by atoms with E-state index in [1.165, 1.54) is 6.07 Å². The second kappa shape index (κ2) is 7.41. The number of hydrogen-bond donors (Lipinski definition) is 1. The van der Waals surface area contributed by atoms with Gasteiger partial charge in [0.25, 0.3) is 0 Å². The van der Waals surface area contributed by atoms with Gasteiger partial charge in [0, 0.05) is 16.8 Å². The first-order valence-electron chi connectivity index (χ1n) is 8.68. The summed E-state index contributed by atoms with van der Waals surface area (Å²) >= 11 is 0. The fraction of sp³-hybridized carbons (Fsp3) is 0.0909. The largest absolute Gasteiger partial charge is 0.418 e. The fourth-order valence-electron chi connectivity index (χ4n) is 2.92. The van der Waals surface area contributed by atoms with Crippen molar-refractivity contribution in [2.45, 2.75) is 13.0 Å². The molecule has 4 nitrogen and oxygen atoms in total. The molecule has 1 atom stereocenters. The van der Waals surface area contributed by atoms with Crippen LogP contribution in [0.2, 0.25) is 0 Å². The smallest absolute Gasteiger partial charge is 0.247 e. The van der Waals surface area contributed by atoms with Gasteiger partial charge in [-0.1, -0.05) is 54.6 Å². The maximum absolute atomic E-state index is 14.5. The number of hydrogen-bond acceptors (Lipinski definition) is 4. The van der Waals surface area contributed by atoms with Crippen molar-refractivity contribution in [3.05, 3.63) is 102 Å². The van der Waals surface area contributed by atoms with Gasteiger partial charge >= 0.3 is 0 Å². The van der Waals surface area contributed by atoms with E-state index in [-0.39, 0.29) is 5.82 Å². The number of nitrogens with zero attached hydrogens (tertiary/aromatic N) is 2. The van der Waals surface area contributed by atoms with Crippen LogP contribution in [-0.4, -0.2) is 10.2 Å². The van der Waals surface area contributed by atoms with Gasteiger partial charge in [-0.05, 0) is 36.8 Å². The normalized spacial score (nSPS) is 11.9. The van der Waals surface area contributed by atoms with Crippen LogP contribution in [-0.2, 0) is 0 Å². The third kappa shape index (κ3) is 3.58. The Balaban J connectivity index is 1.76. The predicted molar refractivity (Wildman–Crippen MR) is 103 cm³/mol. The van der Waals surface area contributed by atoms with Crippen molar-refractivity contribution < 1.29 is 8.81 Å². The first kappa shape index (κ1) is 17.0. The van der Waals surface area contributed by atoms with Gasteiger partial charge in [0.1, 0.15) is 11.9 Å². The van der Waals surface area contributed by atoms with Gasteiger partial charge in [0.05, 0.1) is 0 Å². The molecule has 0 fully saturated rings. The monoisotopic (exact) mass is 359 g/mol. The Morgan fingerprint density at radius 1 is 0.852 bits per heavy atom. The van der Waals surface area contributed by atoms with Gasteiger partial charge in [-0.2, -0.15) is 0 Å². The number of halogens is 1. The number of aryl methyl sites for hydroxylation is 1. The quantitative estimate of drug-likeness (QED) is 0.519. The van der Waals surface area contributed by atoms with E-state index in [1.807, 2.05) is 61.5 Å². The van der Waals surface area contributed by atoms with E-state index < -0.39 is 6.04 Å². The topological polar surface area (TPSA) is 51.0 Å². The van der Waals surface area contributed by atoms with Crippen LogP contribution in [0.3, 0.4) is 0 Å². The lowest BCUT2D eigenvalue weighted by Gasteiger charge is -2.19. The highest BCUT2D eigenvalue weighted by Gasteiger charge is 2.24. The van der Waals surface area contributed by atoms with Crippen LogP contribution in [0.15, 0.2) is 83.3 Å². The lowest BCUT2D eigenvalue weighted by Crippen LogP contribution is -2.15.